The summed E-state index contributed by atoms with van der Waals surface area (Å²) in [5, 5.41) is 13.6. The van der Waals surface area contributed by atoms with Crippen molar-refractivity contribution in [3.8, 4) is 0 Å². The van der Waals surface area contributed by atoms with Gasteiger partial charge >= 0.3 is 5.97 Å². The second-order valence-electron chi connectivity index (χ2n) is 3.39. The molecule has 1 N–H and O–H groups in total. The van der Waals surface area contributed by atoms with Crippen molar-refractivity contribution in [3.63, 3.8) is 0 Å². The van der Waals surface area contributed by atoms with E-state index in [1.54, 1.807) is 32.0 Å². The number of anilines is 1. The molecule has 0 saturated carbocycles. The molecule has 0 radical (unpaired) electrons. The van der Waals surface area contributed by atoms with Gasteiger partial charge < -0.3 is 10.1 Å². The zero-order valence-electron chi connectivity index (χ0n) is 9.73. The van der Waals surface area contributed by atoms with Crippen molar-refractivity contribution in [2.24, 2.45) is 0 Å². The molecular weight excluding hydrogens is 224 g/mol. The summed E-state index contributed by atoms with van der Waals surface area (Å²) in [6.45, 7) is 3.55. The fourth-order valence-corrected chi connectivity index (χ4v) is 1.42. The van der Waals surface area contributed by atoms with Gasteiger partial charge in [0.15, 0.2) is 0 Å². The lowest BCUT2D eigenvalue weighted by Crippen LogP contribution is -2.17. The zero-order chi connectivity index (χ0) is 12.8. The predicted molar refractivity (Wildman–Crippen MR) is 63.0 cm³/mol. The summed E-state index contributed by atoms with van der Waals surface area (Å²) in [5.74, 6) is -0.441. The van der Waals surface area contributed by atoms with E-state index in [9.17, 15) is 14.9 Å². The van der Waals surface area contributed by atoms with E-state index >= 15 is 0 Å². The Kier molecular flexibility index (Phi) is 4.45. The molecule has 6 heteroatoms. The summed E-state index contributed by atoms with van der Waals surface area (Å²) in [5.41, 5.74) is 0.851. The molecule has 0 aliphatic heterocycles. The largest absolute Gasteiger partial charge is 0.465 e. The van der Waals surface area contributed by atoms with Gasteiger partial charge in [0.1, 0.15) is 12.2 Å². The van der Waals surface area contributed by atoms with Crippen LogP contribution in [-0.4, -0.2) is 24.0 Å². The summed E-state index contributed by atoms with van der Waals surface area (Å²) in [6.07, 6.45) is 0. The Hall–Kier alpha value is -2.11. The maximum absolute atomic E-state index is 11.1. The second-order valence-corrected chi connectivity index (χ2v) is 3.39. The molecule has 0 saturated heterocycles. The van der Waals surface area contributed by atoms with Crippen molar-refractivity contribution in [2.45, 2.75) is 13.8 Å². The fraction of sp³-hybridized carbons (Fsp3) is 0.364. The van der Waals surface area contributed by atoms with Crippen LogP contribution in [0.4, 0.5) is 11.4 Å². The SMILES string of the molecule is CCOC(=O)CNc1cccc(C)c1[N+](=O)[O-]. The molecule has 0 aliphatic rings. The molecule has 0 spiro atoms. The molecule has 0 fully saturated rings. The van der Waals surface area contributed by atoms with Gasteiger partial charge in [-0.3, -0.25) is 14.9 Å². The van der Waals surface area contributed by atoms with Crippen molar-refractivity contribution in [1.29, 1.82) is 0 Å². The van der Waals surface area contributed by atoms with Crippen LogP contribution in [0.1, 0.15) is 12.5 Å². The first-order chi connectivity index (χ1) is 8.06. The van der Waals surface area contributed by atoms with Crippen molar-refractivity contribution >= 4 is 17.3 Å². The van der Waals surface area contributed by atoms with E-state index in [1.807, 2.05) is 0 Å². The number of rotatable bonds is 5. The number of nitrogens with zero attached hydrogens (tertiary/aromatic N) is 1. The molecule has 0 atom stereocenters. The maximum Gasteiger partial charge on any atom is 0.325 e. The average molecular weight is 238 g/mol. The van der Waals surface area contributed by atoms with Gasteiger partial charge in [0.05, 0.1) is 11.5 Å². The monoisotopic (exact) mass is 238 g/mol. The Labute approximate surface area is 98.7 Å². The molecule has 0 unspecified atom stereocenters. The molecule has 1 aromatic rings. The summed E-state index contributed by atoms with van der Waals surface area (Å²) < 4.78 is 4.72. The molecule has 0 amide bonds. The van der Waals surface area contributed by atoms with Crippen LogP contribution in [-0.2, 0) is 9.53 Å². The Bertz CT molecular complexity index is 431. The lowest BCUT2D eigenvalue weighted by Gasteiger charge is -2.07. The minimum Gasteiger partial charge on any atom is -0.465 e. The van der Waals surface area contributed by atoms with Crippen LogP contribution in [0.15, 0.2) is 18.2 Å². The summed E-state index contributed by atoms with van der Waals surface area (Å²) in [4.78, 5) is 21.5. The number of nitro groups is 1. The molecule has 92 valence electrons. The lowest BCUT2D eigenvalue weighted by molar-refractivity contribution is -0.384. The first-order valence-electron chi connectivity index (χ1n) is 5.19. The molecule has 0 heterocycles. The van der Waals surface area contributed by atoms with Crippen molar-refractivity contribution in [2.75, 3.05) is 18.5 Å². The highest BCUT2D eigenvalue weighted by Gasteiger charge is 2.17. The van der Waals surface area contributed by atoms with Crippen molar-refractivity contribution in [1.82, 2.24) is 0 Å². The summed E-state index contributed by atoms with van der Waals surface area (Å²) in [7, 11) is 0. The van der Waals surface area contributed by atoms with Crippen LogP contribution < -0.4 is 5.32 Å². The second kappa shape index (κ2) is 5.83. The van der Waals surface area contributed by atoms with Crippen LogP contribution in [0.3, 0.4) is 0 Å². The number of para-hydroxylation sites is 1. The number of nitro benzene ring substituents is 1. The van der Waals surface area contributed by atoms with Crippen LogP contribution in [0.25, 0.3) is 0 Å². The molecule has 1 aromatic carbocycles. The van der Waals surface area contributed by atoms with Gasteiger partial charge in [-0.1, -0.05) is 12.1 Å². The Morgan fingerprint density at radius 3 is 2.82 bits per heavy atom. The normalized spacial score (nSPS) is 9.76. The van der Waals surface area contributed by atoms with E-state index in [-0.39, 0.29) is 18.8 Å². The minimum atomic E-state index is -0.469. The van der Waals surface area contributed by atoms with Crippen LogP contribution >= 0.6 is 0 Å². The van der Waals surface area contributed by atoms with E-state index in [2.05, 4.69) is 5.32 Å². The van der Waals surface area contributed by atoms with Gasteiger partial charge in [0.25, 0.3) is 5.69 Å². The molecule has 0 aliphatic carbocycles. The van der Waals surface area contributed by atoms with Crippen molar-refractivity contribution < 1.29 is 14.5 Å². The van der Waals surface area contributed by atoms with Crippen LogP contribution in [0.5, 0.6) is 0 Å². The number of benzene rings is 1. The quantitative estimate of drug-likeness (QED) is 0.481. The standard InChI is InChI=1S/C11H14N2O4/c1-3-17-10(14)7-12-9-6-4-5-8(2)11(9)13(15)16/h4-6,12H,3,7H2,1-2H3. The van der Waals surface area contributed by atoms with Gasteiger partial charge in [-0.15, -0.1) is 0 Å². The topological polar surface area (TPSA) is 81.5 Å². The van der Waals surface area contributed by atoms with Crippen molar-refractivity contribution in [3.05, 3.63) is 33.9 Å². The van der Waals surface area contributed by atoms with Gasteiger partial charge in [0.2, 0.25) is 0 Å². The van der Waals surface area contributed by atoms with Crippen LogP contribution in [0, 0.1) is 17.0 Å². The molecule has 17 heavy (non-hydrogen) atoms. The number of esters is 1. The zero-order valence-corrected chi connectivity index (χ0v) is 9.73. The third-order valence-electron chi connectivity index (χ3n) is 2.15. The molecule has 1 rings (SSSR count). The molecular formula is C11H14N2O4. The van der Waals surface area contributed by atoms with E-state index in [0.717, 1.165) is 0 Å². The molecule has 0 bridgehead atoms. The molecule has 0 aromatic heterocycles. The summed E-state index contributed by atoms with van der Waals surface area (Å²) >= 11 is 0. The van der Waals surface area contributed by atoms with Gasteiger partial charge in [0, 0.05) is 5.56 Å². The smallest absolute Gasteiger partial charge is 0.325 e. The average Bonchev–Trinajstić information content (AvgIpc) is 2.26. The molecule has 6 nitrogen and oxygen atoms in total. The highest BCUT2D eigenvalue weighted by molar-refractivity contribution is 5.77. The van der Waals surface area contributed by atoms with E-state index < -0.39 is 10.9 Å². The lowest BCUT2D eigenvalue weighted by atomic mass is 10.1. The van der Waals surface area contributed by atoms with E-state index in [4.69, 9.17) is 4.74 Å². The van der Waals surface area contributed by atoms with E-state index in [0.29, 0.717) is 11.3 Å². The first-order valence-corrected chi connectivity index (χ1v) is 5.19. The number of hydrogen-bond donors (Lipinski definition) is 1. The number of carbonyl (C=O) groups excluding carboxylic acids is 1. The van der Waals surface area contributed by atoms with Gasteiger partial charge in [-0.05, 0) is 19.9 Å². The predicted octanol–water partition coefficient (Wildman–Crippen LogP) is 1.88. The van der Waals surface area contributed by atoms with Gasteiger partial charge in [-0.2, -0.15) is 0 Å². The highest BCUT2D eigenvalue weighted by Crippen LogP contribution is 2.27. The Morgan fingerprint density at radius 1 is 1.53 bits per heavy atom. The number of carbonyl (C=O) groups is 1. The highest BCUT2D eigenvalue weighted by atomic mass is 16.6. The maximum atomic E-state index is 11.1. The number of nitrogens with one attached hydrogen (secondary N) is 1. The van der Waals surface area contributed by atoms with Gasteiger partial charge in [-0.25, -0.2) is 0 Å². The third-order valence-corrected chi connectivity index (χ3v) is 2.15. The number of aryl methyl sites for hydroxylation is 1. The van der Waals surface area contributed by atoms with E-state index in [1.165, 1.54) is 0 Å². The Balaban J connectivity index is 2.81. The minimum absolute atomic E-state index is 0.0169. The first kappa shape index (κ1) is 13.0. The van der Waals surface area contributed by atoms with Crippen LogP contribution in [0.2, 0.25) is 0 Å². The third kappa shape index (κ3) is 3.44. The fourth-order valence-electron chi connectivity index (χ4n) is 1.42. The number of hydrogen-bond acceptors (Lipinski definition) is 5. The summed E-state index contributed by atoms with van der Waals surface area (Å²) in [6, 6.07) is 4.90. The Morgan fingerprint density at radius 2 is 2.24 bits per heavy atom. The number of ether oxygens (including phenoxy) is 1.